The van der Waals surface area contributed by atoms with Crippen LogP contribution in [0.25, 0.3) is 0 Å². The Hall–Kier alpha value is -1.85. The Labute approximate surface area is 94.5 Å². The monoisotopic (exact) mass is 224 g/mol. The van der Waals surface area contributed by atoms with E-state index in [4.69, 9.17) is 5.11 Å². The maximum absolute atomic E-state index is 10.7. The van der Waals surface area contributed by atoms with Gasteiger partial charge in [-0.2, -0.15) is 4.98 Å². The van der Waals surface area contributed by atoms with Crippen molar-refractivity contribution in [1.29, 1.82) is 0 Å². The lowest BCUT2D eigenvalue weighted by molar-refractivity contribution is -0.135. The summed E-state index contributed by atoms with van der Waals surface area (Å²) in [6.07, 6.45) is 1.63. The van der Waals surface area contributed by atoms with Crippen LogP contribution in [0, 0.1) is 0 Å². The van der Waals surface area contributed by atoms with Gasteiger partial charge >= 0.3 is 5.97 Å². The van der Waals surface area contributed by atoms with Crippen molar-refractivity contribution in [3.63, 3.8) is 0 Å². The Morgan fingerprint density at radius 1 is 1.50 bits per heavy atom. The van der Waals surface area contributed by atoms with Crippen molar-refractivity contribution < 1.29 is 9.90 Å². The Bertz CT molecular complexity index is 368. The third-order valence-corrected chi connectivity index (χ3v) is 2.06. The van der Waals surface area contributed by atoms with Crippen LogP contribution in [-0.4, -0.2) is 48.2 Å². The summed E-state index contributed by atoms with van der Waals surface area (Å²) in [5.41, 5.74) is 0. The number of aromatic nitrogens is 2. The molecule has 0 bridgehead atoms. The summed E-state index contributed by atoms with van der Waals surface area (Å²) in [6, 6.07) is 1.71. The summed E-state index contributed by atoms with van der Waals surface area (Å²) in [6.45, 7) is 2.43. The van der Waals surface area contributed by atoms with E-state index < -0.39 is 5.97 Å². The van der Waals surface area contributed by atoms with Gasteiger partial charge in [-0.25, -0.2) is 4.98 Å². The SMILES string of the molecule is CCN(CC(=O)O)c1ccnc(N(C)C)n1. The van der Waals surface area contributed by atoms with Gasteiger partial charge in [0.2, 0.25) is 5.95 Å². The zero-order chi connectivity index (χ0) is 12.1. The fourth-order valence-electron chi connectivity index (χ4n) is 1.25. The molecule has 6 heteroatoms. The number of likely N-dealkylation sites (N-methyl/N-ethyl adjacent to an activating group) is 1. The number of carbonyl (C=O) groups is 1. The van der Waals surface area contributed by atoms with E-state index in [0.717, 1.165) is 0 Å². The molecule has 0 aliphatic rings. The topological polar surface area (TPSA) is 69.6 Å². The highest BCUT2D eigenvalue weighted by Crippen LogP contribution is 2.12. The molecule has 6 nitrogen and oxygen atoms in total. The van der Waals surface area contributed by atoms with Gasteiger partial charge < -0.3 is 14.9 Å². The number of anilines is 2. The van der Waals surface area contributed by atoms with Crippen LogP contribution in [0.15, 0.2) is 12.3 Å². The Morgan fingerprint density at radius 2 is 2.19 bits per heavy atom. The Kier molecular flexibility index (Phi) is 4.04. The summed E-state index contributed by atoms with van der Waals surface area (Å²) in [5, 5.41) is 8.76. The number of rotatable bonds is 5. The fraction of sp³-hybridized carbons (Fsp3) is 0.500. The molecule has 1 aromatic rings. The second-order valence-electron chi connectivity index (χ2n) is 3.52. The van der Waals surface area contributed by atoms with Crippen molar-refractivity contribution in [2.24, 2.45) is 0 Å². The van der Waals surface area contributed by atoms with E-state index in [1.807, 2.05) is 21.0 Å². The van der Waals surface area contributed by atoms with E-state index in [9.17, 15) is 4.79 Å². The molecule has 0 aromatic carbocycles. The molecule has 16 heavy (non-hydrogen) atoms. The standard InChI is InChI=1S/C10H16N4O2/c1-4-14(7-9(15)16)8-5-6-11-10(12-8)13(2)3/h5-6H,4,7H2,1-3H3,(H,15,16). The van der Waals surface area contributed by atoms with Crippen LogP contribution in [0.4, 0.5) is 11.8 Å². The van der Waals surface area contributed by atoms with E-state index in [-0.39, 0.29) is 6.54 Å². The molecular weight excluding hydrogens is 208 g/mol. The Morgan fingerprint density at radius 3 is 2.69 bits per heavy atom. The molecule has 1 aromatic heterocycles. The van der Waals surface area contributed by atoms with Gasteiger partial charge in [0, 0.05) is 26.8 Å². The normalized spacial score (nSPS) is 9.94. The number of hydrogen-bond acceptors (Lipinski definition) is 5. The zero-order valence-corrected chi connectivity index (χ0v) is 9.71. The maximum atomic E-state index is 10.7. The number of nitrogens with zero attached hydrogens (tertiary/aromatic N) is 4. The molecule has 0 fully saturated rings. The molecular formula is C10H16N4O2. The molecule has 88 valence electrons. The van der Waals surface area contributed by atoms with Crippen molar-refractivity contribution in [2.75, 3.05) is 37.0 Å². The summed E-state index contributed by atoms with van der Waals surface area (Å²) >= 11 is 0. The first-order valence-electron chi connectivity index (χ1n) is 5.01. The lowest BCUT2D eigenvalue weighted by Gasteiger charge is -2.20. The molecule has 1 N–H and O–H groups in total. The van der Waals surface area contributed by atoms with Crippen LogP contribution in [0.2, 0.25) is 0 Å². The van der Waals surface area contributed by atoms with E-state index in [0.29, 0.717) is 18.3 Å². The minimum atomic E-state index is -0.869. The lowest BCUT2D eigenvalue weighted by atomic mass is 10.4. The van der Waals surface area contributed by atoms with Crippen LogP contribution < -0.4 is 9.80 Å². The number of carboxylic acids is 1. The average Bonchev–Trinajstić information content (AvgIpc) is 2.25. The molecule has 0 saturated carbocycles. The quantitative estimate of drug-likeness (QED) is 0.783. The van der Waals surface area contributed by atoms with Crippen LogP contribution in [0.3, 0.4) is 0 Å². The number of aliphatic carboxylic acids is 1. The second kappa shape index (κ2) is 5.29. The molecule has 0 radical (unpaired) electrons. The minimum absolute atomic E-state index is 0.0552. The maximum Gasteiger partial charge on any atom is 0.323 e. The average molecular weight is 224 g/mol. The molecule has 1 rings (SSSR count). The zero-order valence-electron chi connectivity index (χ0n) is 9.71. The number of hydrogen-bond donors (Lipinski definition) is 1. The fourth-order valence-corrected chi connectivity index (χ4v) is 1.25. The highest BCUT2D eigenvalue weighted by molar-refractivity contribution is 5.73. The van der Waals surface area contributed by atoms with Gasteiger partial charge in [-0.15, -0.1) is 0 Å². The molecule has 0 spiro atoms. The predicted octanol–water partition coefficient (Wildman–Crippen LogP) is 0.453. The first-order chi connectivity index (χ1) is 7.54. The van der Waals surface area contributed by atoms with E-state index in [1.54, 1.807) is 22.1 Å². The third kappa shape index (κ3) is 3.08. The van der Waals surface area contributed by atoms with Crippen LogP contribution >= 0.6 is 0 Å². The highest BCUT2D eigenvalue weighted by Gasteiger charge is 2.11. The van der Waals surface area contributed by atoms with Gasteiger partial charge in [-0.05, 0) is 13.0 Å². The summed E-state index contributed by atoms with van der Waals surface area (Å²) in [7, 11) is 3.68. The second-order valence-corrected chi connectivity index (χ2v) is 3.52. The predicted molar refractivity (Wildman–Crippen MR) is 61.9 cm³/mol. The molecule has 0 atom stereocenters. The minimum Gasteiger partial charge on any atom is -0.480 e. The molecule has 0 saturated heterocycles. The smallest absolute Gasteiger partial charge is 0.323 e. The molecule has 0 amide bonds. The van der Waals surface area contributed by atoms with Crippen molar-refractivity contribution >= 4 is 17.7 Å². The van der Waals surface area contributed by atoms with Gasteiger partial charge in [0.05, 0.1) is 0 Å². The molecule has 1 heterocycles. The third-order valence-electron chi connectivity index (χ3n) is 2.06. The number of carboxylic acid groups (broad SMARTS) is 1. The first kappa shape index (κ1) is 12.2. The van der Waals surface area contributed by atoms with Gasteiger partial charge in [0.1, 0.15) is 12.4 Å². The van der Waals surface area contributed by atoms with E-state index >= 15 is 0 Å². The lowest BCUT2D eigenvalue weighted by Crippen LogP contribution is -2.30. The van der Waals surface area contributed by atoms with Crippen molar-refractivity contribution in [3.05, 3.63) is 12.3 Å². The van der Waals surface area contributed by atoms with Crippen LogP contribution in [0.1, 0.15) is 6.92 Å². The summed E-state index contributed by atoms with van der Waals surface area (Å²) < 4.78 is 0. The van der Waals surface area contributed by atoms with E-state index in [1.165, 1.54) is 0 Å². The summed E-state index contributed by atoms with van der Waals surface area (Å²) in [4.78, 5) is 22.5. The van der Waals surface area contributed by atoms with Gasteiger partial charge in [0.15, 0.2) is 0 Å². The van der Waals surface area contributed by atoms with Crippen LogP contribution in [-0.2, 0) is 4.79 Å². The van der Waals surface area contributed by atoms with E-state index in [2.05, 4.69) is 9.97 Å². The molecule has 0 aliphatic heterocycles. The first-order valence-corrected chi connectivity index (χ1v) is 5.01. The van der Waals surface area contributed by atoms with Crippen LogP contribution in [0.5, 0.6) is 0 Å². The molecule has 0 aliphatic carbocycles. The molecule has 0 unspecified atom stereocenters. The van der Waals surface area contributed by atoms with Crippen molar-refractivity contribution in [3.8, 4) is 0 Å². The van der Waals surface area contributed by atoms with Gasteiger partial charge in [-0.1, -0.05) is 0 Å². The van der Waals surface area contributed by atoms with Gasteiger partial charge in [0.25, 0.3) is 0 Å². The highest BCUT2D eigenvalue weighted by atomic mass is 16.4. The van der Waals surface area contributed by atoms with Crippen molar-refractivity contribution in [1.82, 2.24) is 9.97 Å². The van der Waals surface area contributed by atoms with Gasteiger partial charge in [-0.3, -0.25) is 4.79 Å². The summed E-state index contributed by atoms with van der Waals surface area (Å²) in [5.74, 6) is 0.330. The largest absolute Gasteiger partial charge is 0.480 e. The Balaban J connectivity index is 2.92. The van der Waals surface area contributed by atoms with Crippen molar-refractivity contribution in [2.45, 2.75) is 6.92 Å².